The first-order valence-electron chi connectivity index (χ1n) is 8.91. The fourth-order valence-electron chi connectivity index (χ4n) is 4.09. The van der Waals surface area contributed by atoms with Gasteiger partial charge in [0.05, 0.1) is 12.2 Å². The quantitative estimate of drug-likeness (QED) is 0.617. The number of nitrogens with one attached hydrogen (secondary N) is 1. The highest BCUT2D eigenvalue weighted by Gasteiger charge is 2.62. The molecular weight excluding hydrogens is 360 g/mol. The van der Waals surface area contributed by atoms with Crippen molar-refractivity contribution in [2.45, 2.75) is 19.3 Å². The zero-order valence-corrected chi connectivity index (χ0v) is 15.6. The van der Waals surface area contributed by atoms with Gasteiger partial charge in [-0.25, -0.2) is 4.79 Å². The molecule has 8 nitrogen and oxygen atoms in total. The van der Waals surface area contributed by atoms with Crippen LogP contribution in [0, 0.1) is 6.92 Å². The molecule has 2 aliphatic rings. The molecule has 0 bridgehead atoms. The molecule has 1 amide bonds. The molecule has 4 rings (SSSR count). The monoisotopic (exact) mass is 380 g/mol. The molecule has 8 heteroatoms. The summed E-state index contributed by atoms with van der Waals surface area (Å²) in [5, 5.41) is 6.98. The van der Waals surface area contributed by atoms with Crippen molar-refractivity contribution >= 4 is 17.6 Å². The number of aromatic nitrogens is 2. The van der Waals surface area contributed by atoms with Gasteiger partial charge in [-0.05, 0) is 19.9 Å². The number of hydrogen-bond acceptors (Lipinski definition) is 6. The largest absolute Gasteiger partial charge is 0.462 e. The van der Waals surface area contributed by atoms with E-state index < -0.39 is 11.4 Å². The van der Waals surface area contributed by atoms with Gasteiger partial charge in [-0.3, -0.25) is 9.89 Å². The summed E-state index contributed by atoms with van der Waals surface area (Å²) < 4.78 is 10.9. The third kappa shape index (κ3) is 2.08. The number of ether oxygens (including phenoxy) is 2. The molecule has 144 valence electrons. The number of carbonyl (C=O) groups excluding carboxylic acids is 2. The van der Waals surface area contributed by atoms with Gasteiger partial charge in [-0.15, -0.1) is 11.7 Å². The van der Waals surface area contributed by atoms with Crippen LogP contribution >= 0.6 is 0 Å². The highest BCUT2D eigenvalue weighted by Crippen LogP contribution is 2.55. The molecule has 1 aromatic carbocycles. The lowest BCUT2D eigenvalue weighted by Crippen LogP contribution is -2.48. The molecule has 3 N–H and O–H groups in total. The maximum Gasteiger partial charge on any atom is 0.341 e. The van der Waals surface area contributed by atoms with E-state index in [0.29, 0.717) is 22.5 Å². The van der Waals surface area contributed by atoms with Crippen LogP contribution in [-0.4, -0.2) is 35.2 Å². The minimum absolute atomic E-state index is 0.0321. The molecule has 2 aliphatic heterocycles. The number of hydrogen-bond donors (Lipinski definition) is 2. The zero-order chi connectivity index (χ0) is 20.1. The number of carbonyl (C=O) groups is 2. The van der Waals surface area contributed by atoms with Gasteiger partial charge < -0.3 is 20.1 Å². The van der Waals surface area contributed by atoms with Crippen LogP contribution in [0.5, 0.6) is 5.88 Å². The van der Waals surface area contributed by atoms with Crippen LogP contribution in [0.2, 0.25) is 0 Å². The number of rotatable bonds is 4. The second-order valence-electron chi connectivity index (χ2n) is 6.56. The van der Waals surface area contributed by atoms with Crippen LogP contribution in [0.15, 0.2) is 48.4 Å². The van der Waals surface area contributed by atoms with Crippen molar-refractivity contribution in [2.75, 3.05) is 18.1 Å². The van der Waals surface area contributed by atoms with Gasteiger partial charge in [0.15, 0.2) is 0 Å². The molecule has 0 saturated carbocycles. The van der Waals surface area contributed by atoms with E-state index in [9.17, 15) is 9.59 Å². The minimum atomic E-state index is -1.50. The van der Waals surface area contributed by atoms with Crippen LogP contribution in [0.4, 0.5) is 5.69 Å². The van der Waals surface area contributed by atoms with E-state index in [2.05, 4.69) is 16.8 Å². The number of esters is 1. The first-order chi connectivity index (χ1) is 13.5. The lowest BCUT2D eigenvalue weighted by molar-refractivity contribution is -0.140. The van der Waals surface area contributed by atoms with E-state index in [1.165, 1.54) is 0 Å². The van der Waals surface area contributed by atoms with Crippen molar-refractivity contribution in [1.82, 2.24) is 10.2 Å². The molecule has 2 aromatic rings. The van der Waals surface area contributed by atoms with Crippen LogP contribution in [0.1, 0.15) is 23.7 Å². The number of fused-ring (bicyclic) bond motifs is 4. The molecule has 1 atom stereocenters. The minimum Gasteiger partial charge on any atom is -0.462 e. The Hall–Kier alpha value is -3.55. The zero-order valence-electron chi connectivity index (χ0n) is 15.6. The van der Waals surface area contributed by atoms with E-state index in [4.69, 9.17) is 15.2 Å². The Labute approximate surface area is 161 Å². The number of nitrogens with two attached hydrogens (primary N) is 1. The van der Waals surface area contributed by atoms with E-state index in [1.54, 1.807) is 24.8 Å². The summed E-state index contributed by atoms with van der Waals surface area (Å²) in [6.45, 7) is 7.62. The lowest BCUT2D eigenvalue weighted by atomic mass is 9.68. The predicted molar refractivity (Wildman–Crippen MR) is 102 cm³/mol. The third-order valence-corrected chi connectivity index (χ3v) is 5.07. The molecule has 0 radical (unpaired) electrons. The highest BCUT2D eigenvalue weighted by atomic mass is 16.5. The summed E-state index contributed by atoms with van der Waals surface area (Å²) in [6.07, 6.45) is 1.63. The van der Waals surface area contributed by atoms with Gasteiger partial charge in [-0.2, -0.15) is 0 Å². The Kier molecular flexibility index (Phi) is 3.99. The van der Waals surface area contributed by atoms with Crippen molar-refractivity contribution in [3.8, 4) is 5.88 Å². The van der Waals surface area contributed by atoms with Crippen molar-refractivity contribution in [3.63, 3.8) is 0 Å². The Morgan fingerprint density at radius 2 is 2.21 bits per heavy atom. The number of aryl methyl sites for hydroxylation is 1. The first-order valence-corrected chi connectivity index (χ1v) is 8.91. The van der Waals surface area contributed by atoms with Crippen molar-refractivity contribution < 1.29 is 19.1 Å². The summed E-state index contributed by atoms with van der Waals surface area (Å²) in [4.78, 5) is 28.4. The summed E-state index contributed by atoms with van der Waals surface area (Å²) in [5.74, 6) is -1.05. The van der Waals surface area contributed by atoms with E-state index in [1.807, 2.05) is 24.3 Å². The molecule has 0 unspecified atom stereocenters. The molecule has 3 heterocycles. The molecule has 1 aromatic heterocycles. The number of benzene rings is 1. The van der Waals surface area contributed by atoms with E-state index in [-0.39, 0.29) is 36.4 Å². The fraction of sp³-hybridized carbons (Fsp3) is 0.250. The molecule has 0 fully saturated rings. The van der Waals surface area contributed by atoms with Crippen molar-refractivity contribution in [2.24, 2.45) is 5.73 Å². The van der Waals surface area contributed by atoms with Crippen LogP contribution < -0.4 is 15.4 Å². The van der Waals surface area contributed by atoms with E-state index in [0.717, 1.165) is 0 Å². The maximum absolute atomic E-state index is 13.9. The number of amides is 1. The number of anilines is 1. The smallest absolute Gasteiger partial charge is 0.341 e. The summed E-state index contributed by atoms with van der Waals surface area (Å²) >= 11 is 0. The molecular formula is C20H20N4O4. The standard InChI is InChI=1S/C20H20N4O4/c1-4-10-24-13-9-7-6-8-12(13)20(19(24)26)14-11(3)22-23-17(14)28-16(21)15(20)18(25)27-5-2/h4,6-9H,1,5,10,21H2,2-3H3,(H,22,23)/t20-/m1/s1. The topological polar surface area (TPSA) is 111 Å². The Bertz CT molecular complexity index is 1040. The van der Waals surface area contributed by atoms with Gasteiger partial charge in [0.2, 0.25) is 17.7 Å². The predicted octanol–water partition coefficient (Wildman–Crippen LogP) is 1.66. The second kappa shape index (κ2) is 6.26. The van der Waals surface area contributed by atoms with Crippen LogP contribution in [-0.2, 0) is 19.7 Å². The Morgan fingerprint density at radius 3 is 2.93 bits per heavy atom. The fourth-order valence-corrected chi connectivity index (χ4v) is 4.09. The summed E-state index contributed by atoms with van der Waals surface area (Å²) in [7, 11) is 0. The molecule has 0 aliphatic carbocycles. The maximum atomic E-state index is 13.9. The molecule has 0 saturated heterocycles. The SMILES string of the molecule is C=CCN1C(=O)[C@]2(C(C(=O)OCC)=C(N)Oc3n[nH]c(C)c32)c2ccccc21. The normalized spacial score (nSPS) is 20.1. The van der Waals surface area contributed by atoms with Crippen LogP contribution in [0.25, 0.3) is 0 Å². The Balaban J connectivity index is 2.11. The molecule has 28 heavy (non-hydrogen) atoms. The van der Waals surface area contributed by atoms with Crippen molar-refractivity contribution in [3.05, 3.63) is 65.2 Å². The average Bonchev–Trinajstić information content (AvgIpc) is 3.15. The Morgan fingerprint density at radius 1 is 1.46 bits per heavy atom. The number of nitrogens with zero attached hydrogens (tertiary/aromatic N) is 2. The van der Waals surface area contributed by atoms with Gasteiger partial charge in [0.1, 0.15) is 11.0 Å². The average molecular weight is 380 g/mol. The summed E-state index contributed by atoms with van der Waals surface area (Å²) in [6, 6.07) is 7.29. The van der Waals surface area contributed by atoms with Gasteiger partial charge in [0.25, 0.3) is 0 Å². The second-order valence-corrected chi connectivity index (χ2v) is 6.56. The lowest BCUT2D eigenvalue weighted by Gasteiger charge is -2.34. The molecule has 1 spiro atoms. The first kappa shape index (κ1) is 17.8. The summed E-state index contributed by atoms with van der Waals surface area (Å²) in [5.41, 5.74) is 6.98. The number of aromatic amines is 1. The van der Waals surface area contributed by atoms with E-state index >= 15 is 0 Å². The van der Waals surface area contributed by atoms with Gasteiger partial charge >= 0.3 is 5.97 Å². The highest BCUT2D eigenvalue weighted by molar-refractivity contribution is 6.18. The van der Waals surface area contributed by atoms with Crippen molar-refractivity contribution in [1.29, 1.82) is 0 Å². The van der Waals surface area contributed by atoms with Gasteiger partial charge in [0, 0.05) is 23.5 Å². The van der Waals surface area contributed by atoms with Gasteiger partial charge in [-0.1, -0.05) is 24.3 Å². The number of H-pyrrole nitrogens is 1. The number of para-hydroxylation sites is 1. The third-order valence-electron chi connectivity index (χ3n) is 5.07. The van der Waals surface area contributed by atoms with Crippen LogP contribution in [0.3, 0.4) is 0 Å².